The highest BCUT2D eigenvalue weighted by atomic mass is 16.8. The number of amides is 1. The highest BCUT2D eigenvalue weighted by Gasteiger charge is 2.60. The number of aliphatic hydroxyl groups is 11. The van der Waals surface area contributed by atoms with Crippen molar-refractivity contribution in [1.82, 2.24) is 5.32 Å². The molecule has 376 valence electrons. The van der Waals surface area contributed by atoms with Crippen LogP contribution in [-0.4, -0.2) is 209 Å². The number of ether oxygens (including phenoxy) is 6. The molecule has 1 amide bonds. The summed E-state index contributed by atoms with van der Waals surface area (Å²) in [6, 6.07) is -2.78. The number of carbonyl (C=O) groups excluding carboxylic acids is 1. The highest BCUT2D eigenvalue weighted by molar-refractivity contribution is 5.76. The minimum Gasteiger partial charge on any atom is -0.477 e. The molecule has 0 aromatic rings. The fraction of sp³-hybridized carbons (Fsp3) is 0.902. The van der Waals surface area contributed by atoms with Crippen LogP contribution < -0.4 is 5.32 Å². The van der Waals surface area contributed by atoms with Crippen molar-refractivity contribution < 1.29 is 99.3 Å². The standard InChI is InChI=1S/C41H72N4O20/c1-3-4-5-6-7-8-9-10-11-12-13-14-15-16-24(50)23(44-45-42)21-60-38-33(56)32(55)35(28(20-48)62-38)63-39-34(57)37(31(54)27(19-47)61-39)65-41(40(58)59)17-25(51)29(43-22(2)49)36(64-41)30(53)26(52)18-46/h15-16,23-39,46-48,50-57H,3-14,17-21H2,1-2H3,(H,43,49)(H,58,59)/b16-15+/t23-,24+,25-,26+,27+,28+,29+,30+,31-,32+,33+,34+,35+,36-,37-,38+,39+,41-/m0/s1. The number of nitrogens with zero attached hydrogens (tertiary/aromatic N) is 3. The SMILES string of the molecule is CCCCCCCCCCCCC/C=C/[C@@H](O)[C@H](CO[C@@H]1O[C@H](CO)[C@@H](O[C@H]2O[C@H](CO)[C@H](O)[C@H](O[C@]3(C(=O)O)C[C@H](O)[C@@H](NC(C)=O)[C@@H]([C@H](O)[C@H](O)CO)O3)[C@H]2O)[C@H](O)[C@H]1O)N=[N+]=[N-]. The molecule has 0 unspecified atom stereocenters. The van der Waals surface area contributed by atoms with Crippen molar-refractivity contribution in [3.63, 3.8) is 0 Å². The monoisotopic (exact) mass is 940 g/mol. The van der Waals surface area contributed by atoms with Crippen LogP contribution in [-0.2, 0) is 38.0 Å². The van der Waals surface area contributed by atoms with Crippen LogP contribution in [0, 0.1) is 0 Å². The van der Waals surface area contributed by atoms with Crippen molar-refractivity contribution >= 4 is 11.9 Å². The van der Waals surface area contributed by atoms with Crippen LogP contribution in [0.25, 0.3) is 10.4 Å². The molecule has 24 nitrogen and oxygen atoms in total. The van der Waals surface area contributed by atoms with Gasteiger partial charge in [-0.05, 0) is 18.4 Å². The number of carboxylic acid groups (broad SMARTS) is 1. The smallest absolute Gasteiger partial charge is 0.364 e. The van der Waals surface area contributed by atoms with Gasteiger partial charge < -0.3 is 95.0 Å². The van der Waals surface area contributed by atoms with Gasteiger partial charge in [0, 0.05) is 18.3 Å². The van der Waals surface area contributed by atoms with Gasteiger partial charge in [-0.15, -0.1) is 0 Å². The molecule has 13 N–H and O–H groups in total. The zero-order valence-corrected chi connectivity index (χ0v) is 37.0. The number of unbranched alkanes of at least 4 members (excludes halogenated alkanes) is 11. The molecule has 0 aliphatic carbocycles. The van der Waals surface area contributed by atoms with Crippen LogP contribution >= 0.6 is 0 Å². The molecule has 0 saturated carbocycles. The van der Waals surface area contributed by atoms with Crippen molar-refractivity contribution in [3.8, 4) is 0 Å². The number of azide groups is 1. The molecule has 0 aromatic heterocycles. The van der Waals surface area contributed by atoms with Gasteiger partial charge in [0.1, 0.15) is 67.1 Å². The number of rotatable bonds is 29. The number of aliphatic carboxylic acids is 1. The second-order valence-corrected chi connectivity index (χ2v) is 16.8. The Morgan fingerprint density at radius 1 is 0.846 bits per heavy atom. The first kappa shape index (κ1) is 56.6. The van der Waals surface area contributed by atoms with Gasteiger partial charge in [0.15, 0.2) is 12.6 Å². The van der Waals surface area contributed by atoms with Crippen LogP contribution in [0.1, 0.15) is 97.3 Å². The van der Waals surface area contributed by atoms with Crippen LogP contribution in [0.4, 0.5) is 0 Å². The molecule has 3 rings (SSSR count). The van der Waals surface area contributed by atoms with E-state index in [1.165, 1.54) is 57.4 Å². The van der Waals surface area contributed by atoms with Crippen LogP contribution in [0.2, 0.25) is 0 Å². The Labute approximate surface area is 377 Å². The van der Waals surface area contributed by atoms with Gasteiger partial charge in [0.2, 0.25) is 5.91 Å². The Bertz CT molecular complexity index is 1480. The van der Waals surface area contributed by atoms with Gasteiger partial charge in [-0.3, -0.25) is 4.79 Å². The number of carboxylic acids is 1. The molecule has 24 heteroatoms. The molecular formula is C41H72N4O20. The minimum atomic E-state index is -3.07. The quantitative estimate of drug-likeness (QED) is 0.0128. The minimum absolute atomic E-state index is 0.518. The van der Waals surface area contributed by atoms with Gasteiger partial charge >= 0.3 is 5.97 Å². The molecule has 3 aliphatic heterocycles. The molecule has 18 atom stereocenters. The molecule has 3 heterocycles. The molecule has 0 spiro atoms. The Morgan fingerprint density at radius 2 is 1.45 bits per heavy atom. The van der Waals surface area contributed by atoms with E-state index < -0.39 is 155 Å². The van der Waals surface area contributed by atoms with Crippen LogP contribution in [0.5, 0.6) is 0 Å². The van der Waals surface area contributed by atoms with Gasteiger partial charge in [0.25, 0.3) is 5.79 Å². The lowest BCUT2D eigenvalue weighted by Gasteiger charge is -2.50. The van der Waals surface area contributed by atoms with E-state index in [-0.39, 0.29) is 0 Å². The normalized spacial score (nSPS) is 34.9. The van der Waals surface area contributed by atoms with Gasteiger partial charge in [-0.25, -0.2) is 4.79 Å². The summed E-state index contributed by atoms with van der Waals surface area (Å²) in [6.45, 7) is -0.276. The maximum Gasteiger partial charge on any atom is 0.364 e. The van der Waals surface area contributed by atoms with E-state index in [1.807, 2.05) is 0 Å². The molecule has 0 bridgehead atoms. The third-order valence-corrected chi connectivity index (χ3v) is 11.8. The van der Waals surface area contributed by atoms with E-state index >= 15 is 0 Å². The molecule has 3 saturated heterocycles. The largest absolute Gasteiger partial charge is 0.477 e. The predicted molar refractivity (Wildman–Crippen MR) is 223 cm³/mol. The second-order valence-electron chi connectivity index (χ2n) is 16.8. The van der Waals surface area contributed by atoms with Crippen molar-refractivity contribution in [1.29, 1.82) is 0 Å². The molecule has 0 radical (unpaired) electrons. The van der Waals surface area contributed by atoms with Crippen molar-refractivity contribution in [2.75, 3.05) is 26.4 Å². The summed E-state index contributed by atoms with van der Waals surface area (Å²) in [4.78, 5) is 27.5. The number of allylic oxidation sites excluding steroid dienone is 1. The topological polar surface area (TPSA) is 393 Å². The molecular weight excluding hydrogens is 868 g/mol. The highest BCUT2D eigenvalue weighted by Crippen LogP contribution is 2.38. The second kappa shape index (κ2) is 28.6. The van der Waals surface area contributed by atoms with Crippen molar-refractivity contribution in [2.45, 2.75) is 207 Å². The van der Waals surface area contributed by atoms with Crippen LogP contribution in [0.15, 0.2) is 17.3 Å². The Balaban J connectivity index is 1.66. The number of carbonyl (C=O) groups is 2. The molecule has 3 fully saturated rings. The summed E-state index contributed by atoms with van der Waals surface area (Å²) < 4.78 is 33.8. The van der Waals surface area contributed by atoms with Gasteiger partial charge in [0.05, 0.1) is 50.7 Å². The lowest BCUT2D eigenvalue weighted by atomic mass is 9.88. The zero-order chi connectivity index (χ0) is 48.3. The van der Waals surface area contributed by atoms with Crippen molar-refractivity contribution in [2.24, 2.45) is 5.11 Å². The number of nitrogens with one attached hydrogen (secondary N) is 1. The Hall–Kier alpha value is -2.69. The van der Waals surface area contributed by atoms with Gasteiger partial charge in [-0.1, -0.05) is 88.4 Å². The maximum absolute atomic E-state index is 12.8. The molecule has 0 aromatic carbocycles. The van der Waals surface area contributed by atoms with E-state index in [9.17, 15) is 70.9 Å². The first-order valence-corrected chi connectivity index (χ1v) is 22.4. The predicted octanol–water partition coefficient (Wildman–Crippen LogP) is -1.90. The van der Waals surface area contributed by atoms with Gasteiger partial charge in [-0.2, -0.15) is 0 Å². The lowest BCUT2D eigenvalue weighted by molar-refractivity contribution is -0.386. The Kier molecular flexibility index (Phi) is 24.9. The van der Waals surface area contributed by atoms with E-state index in [1.54, 1.807) is 6.08 Å². The fourth-order valence-corrected chi connectivity index (χ4v) is 8.04. The summed E-state index contributed by atoms with van der Waals surface area (Å²) in [6.07, 6.45) is -12.7. The summed E-state index contributed by atoms with van der Waals surface area (Å²) in [7, 11) is 0. The molecule has 65 heavy (non-hydrogen) atoms. The Morgan fingerprint density at radius 3 is 2.00 bits per heavy atom. The number of hydrogen-bond acceptors (Lipinski definition) is 20. The van der Waals surface area contributed by atoms with E-state index in [0.29, 0.717) is 6.42 Å². The van der Waals surface area contributed by atoms with Crippen molar-refractivity contribution in [3.05, 3.63) is 22.6 Å². The van der Waals surface area contributed by atoms with Crippen LogP contribution in [0.3, 0.4) is 0 Å². The fourth-order valence-electron chi connectivity index (χ4n) is 8.04. The number of aliphatic hydroxyl groups excluding tert-OH is 11. The number of hydrogen-bond donors (Lipinski definition) is 13. The maximum atomic E-state index is 12.8. The van der Waals surface area contributed by atoms with E-state index in [0.717, 1.165) is 26.2 Å². The van der Waals surface area contributed by atoms with E-state index in [2.05, 4.69) is 22.3 Å². The third kappa shape index (κ3) is 16.2. The summed E-state index contributed by atoms with van der Waals surface area (Å²) in [5, 5.41) is 133. The lowest BCUT2D eigenvalue weighted by Crippen LogP contribution is -2.70. The first-order valence-electron chi connectivity index (χ1n) is 22.4. The summed E-state index contributed by atoms with van der Waals surface area (Å²) in [5.41, 5.74) is 9.15. The van der Waals surface area contributed by atoms with E-state index in [4.69, 9.17) is 34.0 Å². The summed E-state index contributed by atoms with van der Waals surface area (Å²) >= 11 is 0. The third-order valence-electron chi connectivity index (χ3n) is 11.8. The average molecular weight is 941 g/mol. The average Bonchev–Trinajstić information content (AvgIpc) is 3.28. The molecule has 3 aliphatic rings. The zero-order valence-electron chi connectivity index (χ0n) is 37.0. The summed E-state index contributed by atoms with van der Waals surface area (Å²) in [5.74, 6) is -5.83. The first-order chi connectivity index (χ1) is 31.0.